The SMILES string of the molecule is Cn1cc(Cn2c(-c3ccc(C(F)F)cc3C3CC3)nc3sc4c(O)c(Cl)ccc4c3c2=O)ccc1=O. The molecule has 0 atom stereocenters. The number of phenols is 1. The van der Waals surface area contributed by atoms with Crippen molar-refractivity contribution in [1.29, 1.82) is 0 Å². The van der Waals surface area contributed by atoms with Crippen LogP contribution in [0.15, 0.2) is 58.3 Å². The summed E-state index contributed by atoms with van der Waals surface area (Å²) in [5, 5.41) is 11.6. The van der Waals surface area contributed by atoms with Crippen molar-refractivity contribution >= 4 is 43.2 Å². The number of thiophene rings is 1. The smallest absolute Gasteiger partial charge is 0.263 e. The van der Waals surface area contributed by atoms with E-state index in [1.807, 2.05) is 0 Å². The molecule has 0 amide bonds. The highest BCUT2D eigenvalue weighted by molar-refractivity contribution is 7.25. The third kappa shape index (κ3) is 4.02. The number of hydrogen-bond acceptors (Lipinski definition) is 5. The molecule has 0 unspecified atom stereocenters. The van der Waals surface area contributed by atoms with E-state index in [1.165, 1.54) is 33.4 Å². The number of nitrogens with zero attached hydrogens (tertiary/aromatic N) is 3. The minimum absolute atomic E-state index is 0.0693. The molecule has 1 aliphatic carbocycles. The van der Waals surface area contributed by atoms with Crippen molar-refractivity contribution in [2.75, 3.05) is 0 Å². The molecular weight excluding hydrogens is 520 g/mol. The van der Waals surface area contributed by atoms with Gasteiger partial charge in [-0.25, -0.2) is 13.8 Å². The quantitative estimate of drug-likeness (QED) is 0.288. The van der Waals surface area contributed by atoms with Crippen LogP contribution >= 0.6 is 22.9 Å². The van der Waals surface area contributed by atoms with Crippen molar-refractivity contribution in [2.24, 2.45) is 7.05 Å². The maximum atomic E-state index is 14.0. The lowest BCUT2D eigenvalue weighted by Crippen LogP contribution is -2.25. The maximum Gasteiger partial charge on any atom is 0.263 e. The van der Waals surface area contributed by atoms with Gasteiger partial charge in [0.2, 0.25) is 5.56 Å². The lowest BCUT2D eigenvalue weighted by atomic mass is 9.99. The number of hydrogen-bond donors (Lipinski definition) is 1. The molecule has 0 bridgehead atoms. The number of pyridine rings is 1. The summed E-state index contributed by atoms with van der Waals surface area (Å²) >= 11 is 7.27. The number of phenolic OH excluding ortho intramolecular Hbond substituents is 1. The topological polar surface area (TPSA) is 77.1 Å². The standard InChI is InChI=1S/C27H20ClF2N3O3S/c1-32-11-13(2-9-20(32)34)12-33-25(16-6-5-15(24(29)30)10-18(16)14-3-4-14)31-26-21(27(33)36)17-7-8-19(28)22(35)23(17)37-26/h2,5-11,14,24,35H,3-4,12H2,1H3. The molecule has 1 fully saturated rings. The van der Waals surface area contributed by atoms with Gasteiger partial charge >= 0.3 is 0 Å². The molecule has 0 spiro atoms. The van der Waals surface area contributed by atoms with Crippen molar-refractivity contribution in [3.63, 3.8) is 0 Å². The van der Waals surface area contributed by atoms with Crippen LogP contribution in [-0.2, 0) is 13.6 Å². The van der Waals surface area contributed by atoms with E-state index in [2.05, 4.69) is 0 Å². The monoisotopic (exact) mass is 539 g/mol. The van der Waals surface area contributed by atoms with Gasteiger partial charge in [0.25, 0.3) is 12.0 Å². The van der Waals surface area contributed by atoms with Gasteiger partial charge in [-0.15, -0.1) is 11.3 Å². The first-order chi connectivity index (χ1) is 17.7. The number of benzene rings is 2. The van der Waals surface area contributed by atoms with E-state index in [9.17, 15) is 23.5 Å². The van der Waals surface area contributed by atoms with Gasteiger partial charge in [0.1, 0.15) is 10.7 Å². The van der Waals surface area contributed by atoms with E-state index in [1.54, 1.807) is 31.4 Å². The number of aromatic nitrogens is 3. The van der Waals surface area contributed by atoms with E-state index in [-0.39, 0.29) is 39.9 Å². The molecule has 10 heteroatoms. The zero-order valence-electron chi connectivity index (χ0n) is 19.5. The predicted molar refractivity (Wildman–Crippen MR) is 141 cm³/mol. The third-order valence-corrected chi connectivity index (χ3v) is 8.17. The van der Waals surface area contributed by atoms with Crippen molar-refractivity contribution in [3.05, 3.63) is 91.1 Å². The van der Waals surface area contributed by atoms with E-state index >= 15 is 0 Å². The lowest BCUT2D eigenvalue weighted by Gasteiger charge is -2.17. The highest BCUT2D eigenvalue weighted by Gasteiger charge is 2.30. The summed E-state index contributed by atoms with van der Waals surface area (Å²) in [6, 6.07) is 10.8. The van der Waals surface area contributed by atoms with Crippen molar-refractivity contribution in [3.8, 4) is 17.1 Å². The molecular formula is C27H20ClF2N3O3S. The van der Waals surface area contributed by atoms with Crippen LogP contribution in [0, 0.1) is 0 Å². The second kappa shape index (κ2) is 8.78. The first-order valence-electron chi connectivity index (χ1n) is 11.7. The highest BCUT2D eigenvalue weighted by Crippen LogP contribution is 2.46. The van der Waals surface area contributed by atoms with E-state index < -0.39 is 6.43 Å². The zero-order chi connectivity index (χ0) is 26.0. The molecule has 0 saturated heterocycles. The van der Waals surface area contributed by atoms with Gasteiger partial charge < -0.3 is 9.67 Å². The maximum absolute atomic E-state index is 14.0. The summed E-state index contributed by atoms with van der Waals surface area (Å²) in [5.41, 5.74) is 1.48. The molecule has 6 nitrogen and oxygen atoms in total. The molecule has 0 aliphatic heterocycles. The number of rotatable bonds is 5. The van der Waals surface area contributed by atoms with Crippen LogP contribution < -0.4 is 11.1 Å². The Bertz CT molecular complexity index is 1840. The minimum Gasteiger partial charge on any atom is -0.505 e. The molecule has 5 aromatic rings. The highest BCUT2D eigenvalue weighted by atomic mass is 35.5. The van der Waals surface area contributed by atoms with Crippen LogP contribution in [0.1, 0.15) is 41.9 Å². The first kappa shape index (κ1) is 23.8. The lowest BCUT2D eigenvalue weighted by molar-refractivity contribution is 0.151. The number of alkyl halides is 2. The molecule has 188 valence electrons. The Morgan fingerprint density at radius 3 is 2.65 bits per heavy atom. The number of aromatic hydroxyl groups is 1. The normalized spacial score (nSPS) is 13.8. The molecule has 2 aromatic carbocycles. The van der Waals surface area contributed by atoms with Gasteiger partial charge in [-0.2, -0.15) is 0 Å². The van der Waals surface area contributed by atoms with Crippen LogP contribution in [0.3, 0.4) is 0 Å². The first-order valence-corrected chi connectivity index (χ1v) is 12.8. The number of fused-ring (bicyclic) bond motifs is 3. The van der Waals surface area contributed by atoms with E-state index in [0.717, 1.165) is 29.7 Å². The molecule has 37 heavy (non-hydrogen) atoms. The summed E-state index contributed by atoms with van der Waals surface area (Å²) in [7, 11) is 1.63. The Morgan fingerprint density at radius 1 is 1.16 bits per heavy atom. The van der Waals surface area contributed by atoms with Gasteiger partial charge in [-0.1, -0.05) is 35.9 Å². The fourth-order valence-corrected chi connectivity index (χ4v) is 6.04. The molecule has 1 N–H and O–H groups in total. The third-order valence-electron chi connectivity index (χ3n) is 6.76. The second-order valence-corrected chi connectivity index (χ2v) is 10.7. The average Bonchev–Trinajstić information content (AvgIpc) is 3.65. The fraction of sp³-hybridized carbons (Fsp3) is 0.222. The number of halogens is 3. The van der Waals surface area contributed by atoms with Crippen LogP contribution in [0.2, 0.25) is 5.02 Å². The number of aryl methyl sites for hydroxylation is 1. The van der Waals surface area contributed by atoms with Gasteiger partial charge in [-0.05, 0) is 42.0 Å². The Kier molecular flexibility index (Phi) is 5.65. The van der Waals surface area contributed by atoms with Crippen molar-refractivity contribution < 1.29 is 13.9 Å². The molecule has 0 radical (unpaired) electrons. The van der Waals surface area contributed by atoms with Crippen LogP contribution in [-0.4, -0.2) is 19.2 Å². The van der Waals surface area contributed by atoms with Gasteiger partial charge in [0, 0.05) is 35.8 Å². The molecule has 3 heterocycles. The summed E-state index contributed by atoms with van der Waals surface area (Å²) in [4.78, 5) is 31.3. The molecule has 6 rings (SSSR count). The summed E-state index contributed by atoms with van der Waals surface area (Å²) in [6.07, 6.45) is 0.803. The molecule has 1 saturated carbocycles. The Balaban J connectivity index is 1.66. The van der Waals surface area contributed by atoms with Crippen LogP contribution in [0.5, 0.6) is 5.75 Å². The largest absolute Gasteiger partial charge is 0.505 e. The Morgan fingerprint density at radius 2 is 1.95 bits per heavy atom. The van der Waals surface area contributed by atoms with Gasteiger partial charge in [0.05, 0.1) is 21.7 Å². The van der Waals surface area contributed by atoms with Gasteiger partial charge in [-0.3, -0.25) is 14.2 Å². The minimum atomic E-state index is -2.61. The van der Waals surface area contributed by atoms with E-state index in [4.69, 9.17) is 16.6 Å². The average molecular weight is 540 g/mol. The predicted octanol–water partition coefficient (Wildman–Crippen LogP) is 6.20. The molecule has 3 aromatic heterocycles. The molecule has 1 aliphatic rings. The second-order valence-electron chi connectivity index (χ2n) is 9.29. The summed E-state index contributed by atoms with van der Waals surface area (Å²) < 4.78 is 30.5. The Hall–Kier alpha value is -3.56. The van der Waals surface area contributed by atoms with Crippen LogP contribution in [0.4, 0.5) is 8.78 Å². The summed E-state index contributed by atoms with van der Waals surface area (Å²) in [6.45, 7) is 0.114. The van der Waals surface area contributed by atoms with Crippen molar-refractivity contribution in [2.45, 2.75) is 31.7 Å². The van der Waals surface area contributed by atoms with Crippen LogP contribution in [0.25, 0.3) is 31.7 Å². The zero-order valence-corrected chi connectivity index (χ0v) is 21.1. The Labute approximate surface area is 218 Å². The fourth-order valence-electron chi connectivity index (χ4n) is 4.72. The summed E-state index contributed by atoms with van der Waals surface area (Å²) in [5.74, 6) is 0.358. The van der Waals surface area contributed by atoms with E-state index in [0.29, 0.717) is 37.3 Å². The van der Waals surface area contributed by atoms with Gasteiger partial charge in [0.15, 0.2) is 5.75 Å². The van der Waals surface area contributed by atoms with Crippen molar-refractivity contribution in [1.82, 2.24) is 14.1 Å².